The first-order valence-corrected chi connectivity index (χ1v) is 3.62. The standard InChI is InChI=1S/C8H9F2NO2/c9-5-1-4(7(12)3-11)2-6(10)8(5)13/h1-2,7,12-13H,3,11H2. The molecule has 0 aliphatic heterocycles. The molecule has 0 fully saturated rings. The minimum Gasteiger partial charge on any atom is -0.503 e. The van der Waals surface area contributed by atoms with Crippen LogP contribution in [0.5, 0.6) is 5.75 Å². The zero-order valence-electron chi connectivity index (χ0n) is 6.67. The van der Waals surface area contributed by atoms with Gasteiger partial charge in [0.1, 0.15) is 0 Å². The first-order valence-electron chi connectivity index (χ1n) is 3.62. The summed E-state index contributed by atoms with van der Waals surface area (Å²) in [5.74, 6) is -3.27. The lowest BCUT2D eigenvalue weighted by Gasteiger charge is -2.08. The van der Waals surface area contributed by atoms with Crippen LogP contribution >= 0.6 is 0 Å². The maximum Gasteiger partial charge on any atom is 0.187 e. The van der Waals surface area contributed by atoms with Crippen molar-refractivity contribution in [3.8, 4) is 5.75 Å². The van der Waals surface area contributed by atoms with Gasteiger partial charge in [-0.2, -0.15) is 0 Å². The fourth-order valence-corrected chi connectivity index (χ4v) is 0.914. The molecule has 0 aliphatic rings. The summed E-state index contributed by atoms with van der Waals surface area (Å²) in [6, 6.07) is 1.69. The van der Waals surface area contributed by atoms with Crippen molar-refractivity contribution in [2.45, 2.75) is 6.10 Å². The molecule has 1 unspecified atom stereocenters. The first kappa shape index (κ1) is 9.88. The number of benzene rings is 1. The molecule has 0 heterocycles. The van der Waals surface area contributed by atoms with Crippen LogP contribution in [0, 0.1) is 11.6 Å². The minimum atomic E-state index is -1.12. The molecule has 1 atom stereocenters. The van der Waals surface area contributed by atoms with Gasteiger partial charge in [-0.05, 0) is 17.7 Å². The van der Waals surface area contributed by atoms with E-state index in [0.29, 0.717) is 0 Å². The second-order valence-electron chi connectivity index (χ2n) is 2.58. The molecule has 1 rings (SSSR count). The van der Waals surface area contributed by atoms with E-state index < -0.39 is 23.5 Å². The van der Waals surface area contributed by atoms with Gasteiger partial charge in [-0.25, -0.2) is 8.78 Å². The Balaban J connectivity index is 3.13. The van der Waals surface area contributed by atoms with Crippen LogP contribution in [0.15, 0.2) is 12.1 Å². The van der Waals surface area contributed by atoms with Crippen LogP contribution < -0.4 is 5.73 Å². The van der Waals surface area contributed by atoms with Gasteiger partial charge in [-0.3, -0.25) is 0 Å². The largest absolute Gasteiger partial charge is 0.503 e. The third kappa shape index (κ3) is 1.93. The molecule has 0 aliphatic carbocycles. The molecule has 0 aromatic heterocycles. The second kappa shape index (κ2) is 3.68. The fourth-order valence-electron chi connectivity index (χ4n) is 0.914. The van der Waals surface area contributed by atoms with Crippen molar-refractivity contribution in [2.75, 3.05) is 6.54 Å². The highest BCUT2D eigenvalue weighted by atomic mass is 19.1. The van der Waals surface area contributed by atoms with Crippen LogP contribution in [0.25, 0.3) is 0 Å². The van der Waals surface area contributed by atoms with E-state index in [9.17, 15) is 8.78 Å². The van der Waals surface area contributed by atoms with E-state index in [1.807, 2.05) is 0 Å². The molecule has 3 nitrogen and oxygen atoms in total. The van der Waals surface area contributed by atoms with Crippen LogP contribution in [0.1, 0.15) is 11.7 Å². The molecule has 1 aromatic carbocycles. The fraction of sp³-hybridized carbons (Fsp3) is 0.250. The van der Waals surface area contributed by atoms with Crippen LogP contribution in [0.3, 0.4) is 0 Å². The van der Waals surface area contributed by atoms with Gasteiger partial charge in [0.25, 0.3) is 0 Å². The maximum absolute atomic E-state index is 12.7. The molecule has 0 amide bonds. The predicted octanol–water partition coefficient (Wildman–Crippen LogP) is 0.662. The summed E-state index contributed by atoms with van der Waals surface area (Å²) in [4.78, 5) is 0. The summed E-state index contributed by atoms with van der Waals surface area (Å²) < 4.78 is 25.4. The smallest absolute Gasteiger partial charge is 0.187 e. The van der Waals surface area contributed by atoms with Crippen LogP contribution in [-0.4, -0.2) is 16.8 Å². The number of hydrogen-bond donors (Lipinski definition) is 3. The quantitative estimate of drug-likeness (QED) is 0.640. The Labute approximate surface area is 73.4 Å². The lowest BCUT2D eigenvalue weighted by atomic mass is 10.1. The summed E-state index contributed by atoms with van der Waals surface area (Å²) >= 11 is 0. The van der Waals surface area contributed by atoms with Crippen molar-refractivity contribution >= 4 is 0 Å². The number of phenolic OH excluding ortho intramolecular Hbond substituents is 1. The monoisotopic (exact) mass is 189 g/mol. The highest BCUT2D eigenvalue weighted by Gasteiger charge is 2.13. The Morgan fingerprint density at radius 1 is 1.31 bits per heavy atom. The van der Waals surface area contributed by atoms with Gasteiger partial charge in [0.15, 0.2) is 17.4 Å². The summed E-state index contributed by atoms with van der Waals surface area (Å²) in [6.45, 7) is -0.135. The van der Waals surface area contributed by atoms with E-state index in [1.165, 1.54) is 0 Å². The molecular formula is C8H9F2NO2. The van der Waals surface area contributed by atoms with Gasteiger partial charge < -0.3 is 15.9 Å². The number of phenols is 1. The molecule has 5 heteroatoms. The number of hydrogen-bond acceptors (Lipinski definition) is 3. The van der Waals surface area contributed by atoms with Gasteiger partial charge >= 0.3 is 0 Å². The Kier molecular flexibility index (Phi) is 2.79. The number of aliphatic hydroxyl groups is 1. The van der Waals surface area contributed by atoms with Crippen molar-refractivity contribution in [3.63, 3.8) is 0 Å². The van der Waals surface area contributed by atoms with Gasteiger partial charge in [-0.15, -0.1) is 0 Å². The molecule has 13 heavy (non-hydrogen) atoms. The number of halogens is 2. The molecule has 72 valence electrons. The van der Waals surface area contributed by atoms with E-state index >= 15 is 0 Å². The van der Waals surface area contributed by atoms with Crippen molar-refractivity contribution < 1.29 is 19.0 Å². The second-order valence-corrected chi connectivity index (χ2v) is 2.58. The average Bonchev–Trinajstić information content (AvgIpc) is 2.12. The third-order valence-electron chi connectivity index (χ3n) is 1.65. The third-order valence-corrected chi connectivity index (χ3v) is 1.65. The predicted molar refractivity (Wildman–Crippen MR) is 42.0 cm³/mol. The zero-order valence-corrected chi connectivity index (χ0v) is 6.67. The number of aliphatic hydroxyl groups excluding tert-OH is 1. The summed E-state index contributed by atoms with van der Waals surface area (Å²) in [7, 11) is 0. The summed E-state index contributed by atoms with van der Waals surface area (Å²) in [5, 5.41) is 17.9. The SMILES string of the molecule is NCC(O)c1cc(F)c(O)c(F)c1. The van der Waals surface area contributed by atoms with E-state index in [4.69, 9.17) is 15.9 Å². The normalized spacial score (nSPS) is 12.9. The molecular weight excluding hydrogens is 180 g/mol. The first-order chi connectivity index (χ1) is 6.06. The lowest BCUT2D eigenvalue weighted by molar-refractivity contribution is 0.185. The molecule has 0 saturated carbocycles. The van der Waals surface area contributed by atoms with Gasteiger partial charge in [0.05, 0.1) is 6.10 Å². The zero-order chi connectivity index (χ0) is 10.0. The van der Waals surface area contributed by atoms with Crippen molar-refractivity contribution in [2.24, 2.45) is 5.73 Å². The highest BCUT2D eigenvalue weighted by molar-refractivity contribution is 5.31. The van der Waals surface area contributed by atoms with Crippen LogP contribution in [-0.2, 0) is 0 Å². The topological polar surface area (TPSA) is 66.5 Å². The Bertz CT molecular complexity index is 294. The van der Waals surface area contributed by atoms with Crippen LogP contribution in [0.4, 0.5) is 8.78 Å². The van der Waals surface area contributed by atoms with Crippen molar-refractivity contribution in [1.82, 2.24) is 0 Å². The van der Waals surface area contributed by atoms with E-state index in [0.717, 1.165) is 12.1 Å². The van der Waals surface area contributed by atoms with Gasteiger partial charge in [0, 0.05) is 6.54 Å². The van der Waals surface area contributed by atoms with E-state index in [2.05, 4.69) is 0 Å². The molecule has 0 radical (unpaired) electrons. The van der Waals surface area contributed by atoms with Gasteiger partial charge in [0.2, 0.25) is 0 Å². The van der Waals surface area contributed by atoms with Gasteiger partial charge in [-0.1, -0.05) is 0 Å². The van der Waals surface area contributed by atoms with E-state index in [1.54, 1.807) is 0 Å². The Hall–Kier alpha value is -1.20. The Morgan fingerprint density at radius 3 is 2.15 bits per heavy atom. The molecule has 1 aromatic rings. The minimum absolute atomic E-state index is 0.00954. The average molecular weight is 189 g/mol. The summed E-state index contributed by atoms with van der Waals surface area (Å²) in [6.07, 6.45) is -1.12. The number of aromatic hydroxyl groups is 1. The summed E-state index contributed by atoms with van der Waals surface area (Å²) in [5.41, 5.74) is 5.09. The Morgan fingerprint density at radius 2 is 1.77 bits per heavy atom. The lowest BCUT2D eigenvalue weighted by Crippen LogP contribution is -2.12. The van der Waals surface area contributed by atoms with Crippen LogP contribution in [0.2, 0.25) is 0 Å². The van der Waals surface area contributed by atoms with E-state index in [-0.39, 0.29) is 12.1 Å². The number of nitrogens with two attached hydrogens (primary N) is 1. The van der Waals surface area contributed by atoms with Crippen molar-refractivity contribution in [1.29, 1.82) is 0 Å². The highest BCUT2D eigenvalue weighted by Crippen LogP contribution is 2.24. The molecule has 0 spiro atoms. The number of rotatable bonds is 2. The van der Waals surface area contributed by atoms with Crippen molar-refractivity contribution in [3.05, 3.63) is 29.3 Å². The maximum atomic E-state index is 12.7. The molecule has 0 bridgehead atoms. The molecule has 0 saturated heterocycles. The molecule has 4 N–H and O–H groups in total.